The molecule has 0 radical (unpaired) electrons. The molecule has 1 nitrogen and oxygen atoms in total. The molecule has 0 aromatic heterocycles. The summed E-state index contributed by atoms with van der Waals surface area (Å²) in [5.74, 6) is 0. The highest BCUT2D eigenvalue weighted by molar-refractivity contribution is 5.05. The second kappa shape index (κ2) is 1.90. The second-order valence-electron chi connectivity index (χ2n) is 2.53. The standard InChI is InChI=1S/C7H13N/c1-6-4-5-7(2)8(6)3/h4-7H,1-3H3. The molecule has 2 atom stereocenters. The third-order valence-corrected chi connectivity index (χ3v) is 1.95. The van der Waals surface area contributed by atoms with E-state index < -0.39 is 0 Å². The molecule has 0 fully saturated rings. The van der Waals surface area contributed by atoms with Gasteiger partial charge < -0.3 is 0 Å². The molecule has 46 valence electrons. The van der Waals surface area contributed by atoms with E-state index >= 15 is 0 Å². The molecule has 0 aromatic rings. The molecule has 0 aromatic carbocycles. The molecule has 1 aliphatic heterocycles. The summed E-state index contributed by atoms with van der Waals surface area (Å²) in [7, 11) is 2.15. The van der Waals surface area contributed by atoms with Crippen LogP contribution in [0.2, 0.25) is 0 Å². The predicted octanol–water partition coefficient (Wildman–Crippen LogP) is 1.27. The quantitative estimate of drug-likeness (QED) is 0.425. The zero-order chi connectivity index (χ0) is 6.15. The molecule has 2 unspecified atom stereocenters. The van der Waals surface area contributed by atoms with Gasteiger partial charge in [0.2, 0.25) is 0 Å². The first-order chi connectivity index (χ1) is 3.72. The third-order valence-electron chi connectivity index (χ3n) is 1.95. The summed E-state index contributed by atoms with van der Waals surface area (Å²) in [6, 6.07) is 1.29. The number of hydrogen-bond donors (Lipinski definition) is 0. The van der Waals surface area contributed by atoms with Gasteiger partial charge in [-0.1, -0.05) is 12.2 Å². The molecule has 0 saturated carbocycles. The molecular weight excluding hydrogens is 98.1 g/mol. The van der Waals surface area contributed by atoms with Crippen LogP contribution in [0.3, 0.4) is 0 Å². The first-order valence-electron chi connectivity index (χ1n) is 3.12. The van der Waals surface area contributed by atoms with Gasteiger partial charge in [0.25, 0.3) is 0 Å². The van der Waals surface area contributed by atoms with Crippen LogP contribution in [0.25, 0.3) is 0 Å². The van der Waals surface area contributed by atoms with Crippen LogP contribution in [-0.2, 0) is 0 Å². The minimum atomic E-state index is 0.644. The zero-order valence-corrected chi connectivity index (χ0v) is 5.76. The Bertz CT molecular complexity index is 95.0. The van der Waals surface area contributed by atoms with Gasteiger partial charge in [-0.15, -0.1) is 0 Å². The third kappa shape index (κ3) is 0.781. The van der Waals surface area contributed by atoms with Crippen LogP contribution in [-0.4, -0.2) is 24.0 Å². The van der Waals surface area contributed by atoms with E-state index in [0.29, 0.717) is 12.1 Å². The van der Waals surface area contributed by atoms with Gasteiger partial charge in [-0.2, -0.15) is 0 Å². The van der Waals surface area contributed by atoms with Gasteiger partial charge in [-0.25, -0.2) is 0 Å². The van der Waals surface area contributed by atoms with Crippen LogP contribution in [0.1, 0.15) is 13.8 Å². The van der Waals surface area contributed by atoms with E-state index in [9.17, 15) is 0 Å². The van der Waals surface area contributed by atoms with Gasteiger partial charge in [0, 0.05) is 12.1 Å². The summed E-state index contributed by atoms with van der Waals surface area (Å²) >= 11 is 0. The normalized spacial score (nSPS) is 38.9. The maximum atomic E-state index is 2.33. The largest absolute Gasteiger partial charge is 0.294 e. The van der Waals surface area contributed by atoms with Crippen molar-refractivity contribution in [1.29, 1.82) is 0 Å². The average molecular weight is 111 g/mol. The molecule has 1 aliphatic rings. The molecule has 0 saturated heterocycles. The van der Waals surface area contributed by atoms with E-state index in [0.717, 1.165) is 0 Å². The SMILES string of the molecule is CC1C=CC(C)N1C. The molecule has 1 heterocycles. The van der Waals surface area contributed by atoms with Crippen molar-refractivity contribution in [3.63, 3.8) is 0 Å². The Hall–Kier alpha value is -0.300. The highest BCUT2D eigenvalue weighted by atomic mass is 15.2. The molecule has 1 heteroatoms. The van der Waals surface area contributed by atoms with E-state index in [-0.39, 0.29) is 0 Å². The van der Waals surface area contributed by atoms with Gasteiger partial charge >= 0.3 is 0 Å². The van der Waals surface area contributed by atoms with E-state index in [1.165, 1.54) is 0 Å². The summed E-state index contributed by atoms with van der Waals surface area (Å²) in [5, 5.41) is 0. The van der Waals surface area contributed by atoms with Crippen molar-refractivity contribution in [2.24, 2.45) is 0 Å². The monoisotopic (exact) mass is 111 g/mol. The fourth-order valence-corrected chi connectivity index (χ4v) is 0.964. The van der Waals surface area contributed by atoms with E-state index in [1.807, 2.05) is 0 Å². The summed E-state index contributed by atoms with van der Waals surface area (Å²) < 4.78 is 0. The highest BCUT2D eigenvalue weighted by Crippen LogP contribution is 2.11. The lowest BCUT2D eigenvalue weighted by Gasteiger charge is -2.19. The Labute approximate surface area is 51.0 Å². The lowest BCUT2D eigenvalue weighted by atomic mass is 10.3. The van der Waals surface area contributed by atoms with Gasteiger partial charge in [0.15, 0.2) is 0 Å². The van der Waals surface area contributed by atoms with Crippen molar-refractivity contribution in [2.45, 2.75) is 25.9 Å². The molecule has 0 aliphatic carbocycles. The Morgan fingerprint density at radius 3 is 1.62 bits per heavy atom. The first-order valence-corrected chi connectivity index (χ1v) is 3.12. The smallest absolute Gasteiger partial charge is 0.0253 e. The van der Waals surface area contributed by atoms with Crippen LogP contribution in [0.4, 0.5) is 0 Å². The minimum Gasteiger partial charge on any atom is -0.294 e. The first kappa shape index (κ1) is 5.83. The molecule has 0 bridgehead atoms. The van der Waals surface area contributed by atoms with Crippen LogP contribution < -0.4 is 0 Å². The van der Waals surface area contributed by atoms with Gasteiger partial charge in [-0.3, -0.25) is 4.90 Å². The van der Waals surface area contributed by atoms with Crippen LogP contribution in [0.5, 0.6) is 0 Å². The Morgan fingerprint density at radius 2 is 1.50 bits per heavy atom. The predicted molar refractivity (Wildman–Crippen MR) is 35.8 cm³/mol. The fraction of sp³-hybridized carbons (Fsp3) is 0.714. The van der Waals surface area contributed by atoms with Crippen molar-refractivity contribution in [3.05, 3.63) is 12.2 Å². The number of nitrogens with zero attached hydrogens (tertiary/aromatic N) is 1. The van der Waals surface area contributed by atoms with Crippen LogP contribution >= 0.6 is 0 Å². The van der Waals surface area contributed by atoms with Crippen molar-refractivity contribution >= 4 is 0 Å². The van der Waals surface area contributed by atoms with Gasteiger partial charge in [-0.05, 0) is 20.9 Å². The van der Waals surface area contributed by atoms with E-state index in [2.05, 4.69) is 37.9 Å². The van der Waals surface area contributed by atoms with Crippen molar-refractivity contribution < 1.29 is 0 Å². The summed E-state index contributed by atoms with van der Waals surface area (Å²) in [4.78, 5) is 2.33. The van der Waals surface area contributed by atoms with Gasteiger partial charge in [0.05, 0.1) is 0 Å². The number of likely N-dealkylation sites (N-methyl/N-ethyl adjacent to an activating group) is 1. The topological polar surface area (TPSA) is 3.24 Å². The Morgan fingerprint density at radius 1 is 1.12 bits per heavy atom. The average Bonchev–Trinajstić information content (AvgIpc) is 1.98. The zero-order valence-electron chi connectivity index (χ0n) is 5.76. The highest BCUT2D eigenvalue weighted by Gasteiger charge is 2.15. The van der Waals surface area contributed by atoms with E-state index in [1.54, 1.807) is 0 Å². The molecule has 1 rings (SSSR count). The summed E-state index contributed by atoms with van der Waals surface area (Å²) in [6.45, 7) is 4.42. The van der Waals surface area contributed by atoms with Crippen molar-refractivity contribution in [2.75, 3.05) is 7.05 Å². The lowest BCUT2D eigenvalue weighted by Crippen LogP contribution is -2.28. The number of hydrogen-bond acceptors (Lipinski definition) is 1. The summed E-state index contributed by atoms with van der Waals surface area (Å²) in [6.07, 6.45) is 4.48. The molecule has 0 amide bonds. The van der Waals surface area contributed by atoms with Crippen LogP contribution in [0, 0.1) is 0 Å². The maximum absolute atomic E-state index is 2.33. The van der Waals surface area contributed by atoms with E-state index in [4.69, 9.17) is 0 Å². The Kier molecular flexibility index (Phi) is 1.39. The lowest BCUT2D eigenvalue weighted by molar-refractivity contribution is 0.286. The molecule has 0 spiro atoms. The molecular formula is C7H13N. The summed E-state index contributed by atoms with van der Waals surface area (Å²) in [5.41, 5.74) is 0. The molecule has 0 N–H and O–H groups in total. The maximum Gasteiger partial charge on any atom is 0.0253 e. The number of rotatable bonds is 0. The van der Waals surface area contributed by atoms with Crippen molar-refractivity contribution in [1.82, 2.24) is 4.90 Å². The second-order valence-corrected chi connectivity index (χ2v) is 2.53. The fourth-order valence-electron chi connectivity index (χ4n) is 0.964. The Balaban J connectivity index is 2.55. The van der Waals surface area contributed by atoms with Crippen molar-refractivity contribution in [3.8, 4) is 0 Å². The molecule has 8 heavy (non-hydrogen) atoms. The minimum absolute atomic E-state index is 0.644. The van der Waals surface area contributed by atoms with Gasteiger partial charge in [0.1, 0.15) is 0 Å². The van der Waals surface area contributed by atoms with Crippen LogP contribution in [0.15, 0.2) is 12.2 Å².